The summed E-state index contributed by atoms with van der Waals surface area (Å²) >= 11 is 1.08. The van der Waals surface area contributed by atoms with E-state index in [9.17, 15) is 0 Å². The summed E-state index contributed by atoms with van der Waals surface area (Å²) in [6, 6.07) is 0.320. The van der Waals surface area contributed by atoms with E-state index in [4.69, 9.17) is 10.5 Å². The van der Waals surface area contributed by atoms with Crippen LogP contribution in [0.5, 0.6) is 0 Å². The van der Waals surface area contributed by atoms with Crippen LogP contribution in [0, 0.1) is 5.92 Å². The van der Waals surface area contributed by atoms with Crippen LogP contribution in [0.1, 0.15) is 13.3 Å². The van der Waals surface area contributed by atoms with E-state index in [2.05, 4.69) is 6.92 Å². The maximum absolute atomic E-state index is 5.78. The predicted octanol–water partition coefficient (Wildman–Crippen LogP) is -0.671. The highest BCUT2D eigenvalue weighted by Gasteiger charge is 2.21. The van der Waals surface area contributed by atoms with Crippen molar-refractivity contribution in [3.05, 3.63) is 0 Å². The van der Waals surface area contributed by atoms with Crippen molar-refractivity contribution in [3.63, 3.8) is 0 Å². The van der Waals surface area contributed by atoms with E-state index in [-0.39, 0.29) is 0 Å². The van der Waals surface area contributed by atoms with Crippen molar-refractivity contribution in [3.8, 4) is 0 Å². The summed E-state index contributed by atoms with van der Waals surface area (Å²) in [4.78, 5) is 0.404. The quantitative estimate of drug-likeness (QED) is 0.456. The molecular formula is C6H14AlNO. The highest BCUT2D eigenvalue weighted by atomic mass is 27.0. The van der Waals surface area contributed by atoms with Crippen LogP contribution >= 0.6 is 0 Å². The van der Waals surface area contributed by atoms with Gasteiger partial charge in [-0.05, 0) is 12.3 Å². The normalized spacial score (nSPS) is 44.9. The van der Waals surface area contributed by atoms with E-state index in [1.807, 2.05) is 0 Å². The molecule has 0 amide bonds. The molecule has 1 fully saturated rings. The Morgan fingerprint density at radius 3 is 2.78 bits per heavy atom. The van der Waals surface area contributed by atoms with E-state index in [1.165, 1.54) is 0 Å². The lowest BCUT2D eigenvalue weighted by Gasteiger charge is -2.30. The molecule has 0 aliphatic carbocycles. The molecular weight excluding hydrogens is 129 g/mol. The number of ether oxygens (including phenoxy) is 1. The van der Waals surface area contributed by atoms with Crippen LogP contribution in [0.15, 0.2) is 0 Å². The summed E-state index contributed by atoms with van der Waals surface area (Å²) in [7, 11) is 0. The predicted molar refractivity (Wildman–Crippen MR) is 40.0 cm³/mol. The molecule has 9 heavy (non-hydrogen) atoms. The summed E-state index contributed by atoms with van der Waals surface area (Å²) in [5, 5.41) is 0. The van der Waals surface area contributed by atoms with Crippen molar-refractivity contribution in [1.29, 1.82) is 0 Å². The molecule has 2 N–H and O–H groups in total. The Kier molecular flexibility index (Phi) is 2.54. The molecule has 0 aromatic heterocycles. The van der Waals surface area contributed by atoms with Gasteiger partial charge in [0.2, 0.25) is 0 Å². The van der Waals surface area contributed by atoms with Gasteiger partial charge in [0, 0.05) is 17.6 Å². The summed E-state index contributed by atoms with van der Waals surface area (Å²) in [6.07, 6.45) is 1.15. The Labute approximate surface area is 64.2 Å². The van der Waals surface area contributed by atoms with Crippen molar-refractivity contribution < 1.29 is 4.74 Å². The van der Waals surface area contributed by atoms with Crippen molar-refractivity contribution in [2.24, 2.45) is 11.7 Å². The second-order valence-corrected chi connectivity index (χ2v) is 4.18. The van der Waals surface area contributed by atoms with Crippen molar-refractivity contribution in [2.45, 2.75) is 24.4 Å². The van der Waals surface area contributed by atoms with Crippen molar-refractivity contribution in [1.82, 2.24) is 0 Å². The van der Waals surface area contributed by atoms with Crippen LogP contribution in [-0.4, -0.2) is 33.9 Å². The van der Waals surface area contributed by atoms with Crippen LogP contribution < -0.4 is 5.73 Å². The summed E-state index contributed by atoms with van der Waals surface area (Å²) in [5.41, 5.74) is 5.78. The molecule has 1 rings (SSSR count). The number of rotatable bonds is 0. The fourth-order valence-electron chi connectivity index (χ4n) is 1.16. The maximum Gasteiger partial charge on any atom is 0.261 e. The van der Waals surface area contributed by atoms with Gasteiger partial charge in [-0.1, -0.05) is 6.92 Å². The largest absolute Gasteiger partial charge is 0.392 e. The Hall–Kier alpha value is 0.452. The highest BCUT2D eigenvalue weighted by molar-refractivity contribution is 6.11. The summed E-state index contributed by atoms with van der Waals surface area (Å²) in [6.45, 7) is 3.11. The Balaban J connectivity index is 2.35. The van der Waals surface area contributed by atoms with Crippen LogP contribution in [0.4, 0.5) is 0 Å². The molecule has 52 valence electrons. The molecule has 0 saturated carbocycles. The average Bonchev–Trinajstić information content (AvgIpc) is 1.80. The molecule has 2 nitrogen and oxygen atoms in total. The zero-order chi connectivity index (χ0) is 6.85. The zero-order valence-electron chi connectivity index (χ0n) is 6.13. The first-order valence-corrected chi connectivity index (χ1v) is 4.73. The van der Waals surface area contributed by atoms with Crippen molar-refractivity contribution in [2.75, 3.05) is 6.61 Å². The second kappa shape index (κ2) is 3.03. The summed E-state index contributed by atoms with van der Waals surface area (Å²) < 4.78 is 5.44. The highest BCUT2D eigenvalue weighted by Crippen LogP contribution is 2.14. The third kappa shape index (κ3) is 1.94. The van der Waals surface area contributed by atoms with E-state index in [0.29, 0.717) is 16.9 Å². The van der Waals surface area contributed by atoms with E-state index < -0.39 is 0 Å². The van der Waals surface area contributed by atoms with Gasteiger partial charge in [0.15, 0.2) is 0 Å². The molecule has 0 bridgehead atoms. The zero-order valence-corrected chi connectivity index (χ0v) is 8.13. The molecule has 3 heteroatoms. The number of hydrogen-bond acceptors (Lipinski definition) is 2. The van der Waals surface area contributed by atoms with Crippen LogP contribution in [-0.2, 0) is 4.74 Å². The van der Waals surface area contributed by atoms with Gasteiger partial charge < -0.3 is 10.5 Å². The second-order valence-electron chi connectivity index (χ2n) is 3.04. The third-order valence-electron chi connectivity index (χ3n) is 1.92. The van der Waals surface area contributed by atoms with Crippen molar-refractivity contribution >= 4 is 16.3 Å². The van der Waals surface area contributed by atoms with Gasteiger partial charge in [0.25, 0.3) is 16.3 Å². The Bertz CT molecular complexity index is 99.1. The minimum atomic E-state index is 0.320. The minimum Gasteiger partial charge on any atom is -0.392 e. The van der Waals surface area contributed by atoms with Crippen LogP contribution in [0.3, 0.4) is 0 Å². The van der Waals surface area contributed by atoms with Gasteiger partial charge in [-0.15, -0.1) is 0 Å². The third-order valence-corrected chi connectivity index (χ3v) is 3.11. The fraction of sp³-hybridized carbons (Fsp3) is 1.00. The first kappa shape index (κ1) is 7.56. The molecule has 0 aromatic carbocycles. The van der Waals surface area contributed by atoms with Crippen LogP contribution in [0.25, 0.3) is 0 Å². The number of hydrogen-bond donors (Lipinski definition) is 1. The lowest BCUT2D eigenvalue weighted by Crippen LogP contribution is -2.43. The van der Waals surface area contributed by atoms with Gasteiger partial charge >= 0.3 is 0 Å². The number of nitrogens with two attached hydrogens (primary N) is 1. The lowest BCUT2D eigenvalue weighted by atomic mass is 10.0. The van der Waals surface area contributed by atoms with Crippen LogP contribution in [0.2, 0.25) is 0 Å². The van der Waals surface area contributed by atoms with Gasteiger partial charge in [-0.2, -0.15) is 0 Å². The molecule has 1 saturated heterocycles. The molecule has 1 heterocycles. The minimum absolute atomic E-state index is 0.320. The molecule has 3 atom stereocenters. The van der Waals surface area contributed by atoms with E-state index in [0.717, 1.165) is 29.3 Å². The van der Waals surface area contributed by atoms with E-state index >= 15 is 0 Å². The molecule has 0 spiro atoms. The molecule has 0 aromatic rings. The molecule has 1 aliphatic rings. The Morgan fingerprint density at radius 2 is 2.33 bits per heavy atom. The lowest BCUT2D eigenvalue weighted by molar-refractivity contribution is 0.0211. The first-order valence-electron chi connectivity index (χ1n) is 3.57. The van der Waals surface area contributed by atoms with Gasteiger partial charge in [0.05, 0.1) is 0 Å². The molecule has 1 aliphatic heterocycles. The first-order chi connectivity index (χ1) is 4.20. The monoisotopic (exact) mass is 143 g/mol. The van der Waals surface area contributed by atoms with Gasteiger partial charge in [-0.25, -0.2) is 0 Å². The summed E-state index contributed by atoms with van der Waals surface area (Å²) in [5.74, 6) is 0.671. The van der Waals surface area contributed by atoms with Gasteiger partial charge in [0.1, 0.15) is 0 Å². The SMILES string of the molecule is CC1CO[C@@H]([AlH2])[C@H](N)C1. The Morgan fingerprint density at radius 1 is 1.67 bits per heavy atom. The maximum atomic E-state index is 5.78. The smallest absolute Gasteiger partial charge is 0.261 e. The van der Waals surface area contributed by atoms with Gasteiger partial charge in [-0.3, -0.25) is 0 Å². The average molecular weight is 143 g/mol. The topological polar surface area (TPSA) is 35.2 Å². The molecule has 1 unspecified atom stereocenters. The van der Waals surface area contributed by atoms with E-state index in [1.54, 1.807) is 0 Å². The molecule has 0 radical (unpaired) electrons. The standard InChI is InChI=1S/C6H12NO.Al.2H/c1-5-2-6(7)4-8-3-5;;;/h4-6H,2-3,7H2,1H3;;;/t5?,6-;;;/m1.../s1. The fourth-order valence-corrected chi connectivity index (χ4v) is 1.63.